The highest BCUT2D eigenvalue weighted by atomic mass is 32.1. The highest BCUT2D eigenvalue weighted by molar-refractivity contribution is 7.13. The van der Waals surface area contributed by atoms with E-state index in [2.05, 4.69) is 27.0 Å². The van der Waals surface area contributed by atoms with Gasteiger partial charge in [-0.15, -0.1) is 11.3 Å². The van der Waals surface area contributed by atoms with Crippen molar-refractivity contribution >= 4 is 28.1 Å². The van der Waals surface area contributed by atoms with Crippen LogP contribution in [0.5, 0.6) is 5.75 Å². The van der Waals surface area contributed by atoms with E-state index in [4.69, 9.17) is 10.6 Å². The topological polar surface area (TPSA) is 102 Å². The molecular formula is C15H17N5O2S. The molecule has 0 bridgehead atoms. The quantitative estimate of drug-likeness (QED) is 0.451. The number of fused-ring (bicyclic) bond motifs is 1. The number of thiazole rings is 1. The van der Waals surface area contributed by atoms with Crippen molar-refractivity contribution in [2.75, 3.05) is 12.5 Å². The second-order valence-electron chi connectivity index (χ2n) is 5.06. The molecular weight excluding hydrogens is 314 g/mol. The van der Waals surface area contributed by atoms with Gasteiger partial charge in [0, 0.05) is 10.9 Å². The van der Waals surface area contributed by atoms with Crippen molar-refractivity contribution in [2.45, 2.75) is 19.3 Å². The van der Waals surface area contributed by atoms with Gasteiger partial charge in [0.1, 0.15) is 11.4 Å². The van der Waals surface area contributed by atoms with E-state index in [9.17, 15) is 4.79 Å². The van der Waals surface area contributed by atoms with Gasteiger partial charge < -0.3 is 4.74 Å². The molecule has 0 atom stereocenters. The zero-order valence-corrected chi connectivity index (χ0v) is 13.4. The van der Waals surface area contributed by atoms with Crippen LogP contribution in [0.3, 0.4) is 0 Å². The second-order valence-corrected chi connectivity index (χ2v) is 5.92. The van der Waals surface area contributed by atoms with E-state index in [0.717, 1.165) is 36.3 Å². The van der Waals surface area contributed by atoms with Crippen molar-refractivity contribution in [1.82, 2.24) is 10.4 Å². The third-order valence-electron chi connectivity index (χ3n) is 3.64. The van der Waals surface area contributed by atoms with Crippen LogP contribution in [-0.4, -0.2) is 23.7 Å². The van der Waals surface area contributed by atoms with E-state index in [1.54, 1.807) is 12.5 Å². The number of methoxy groups -OCH3 is 1. The molecule has 1 aliphatic rings. The van der Waals surface area contributed by atoms with E-state index in [1.165, 1.54) is 16.9 Å². The van der Waals surface area contributed by atoms with Crippen LogP contribution in [0.2, 0.25) is 0 Å². The Hall–Kier alpha value is -2.45. The van der Waals surface area contributed by atoms with Crippen molar-refractivity contribution in [2.24, 2.45) is 10.9 Å². The van der Waals surface area contributed by atoms with E-state index in [1.807, 2.05) is 12.1 Å². The highest BCUT2D eigenvalue weighted by Gasteiger charge is 2.16. The number of aryl methyl sites for hydroxylation is 1. The summed E-state index contributed by atoms with van der Waals surface area (Å²) < 4.78 is 5.27. The summed E-state index contributed by atoms with van der Waals surface area (Å²) in [6.07, 6.45) is 2.96. The number of benzene rings is 1. The number of carbonyl (C=O) groups is 1. The Kier molecular flexibility index (Phi) is 4.54. The van der Waals surface area contributed by atoms with Gasteiger partial charge in [-0.05, 0) is 43.0 Å². The number of rotatable bonds is 4. The smallest absolute Gasteiger partial charge is 0.284 e. The van der Waals surface area contributed by atoms with Crippen molar-refractivity contribution in [3.05, 3.63) is 40.4 Å². The maximum Gasteiger partial charge on any atom is 0.284 e. The van der Waals surface area contributed by atoms with Gasteiger partial charge in [0.05, 0.1) is 12.8 Å². The average Bonchev–Trinajstić information content (AvgIpc) is 3.07. The molecule has 4 N–H and O–H groups in total. The molecule has 1 amide bonds. The first-order valence-electron chi connectivity index (χ1n) is 7.17. The third kappa shape index (κ3) is 3.33. The Bertz CT molecular complexity index is 756. The zero-order valence-electron chi connectivity index (χ0n) is 12.6. The molecule has 0 fully saturated rings. The number of hydrogen-bond donors (Lipinski definition) is 3. The Morgan fingerprint density at radius 3 is 3.09 bits per heavy atom. The van der Waals surface area contributed by atoms with Crippen molar-refractivity contribution in [3.8, 4) is 5.75 Å². The van der Waals surface area contributed by atoms with Gasteiger partial charge in [-0.3, -0.25) is 15.6 Å². The Morgan fingerprint density at radius 2 is 2.30 bits per heavy atom. The van der Waals surface area contributed by atoms with Crippen LogP contribution in [0.1, 0.15) is 34.5 Å². The lowest BCUT2D eigenvalue weighted by Gasteiger charge is -2.18. The Balaban J connectivity index is 1.79. The molecule has 0 spiro atoms. The molecule has 0 unspecified atom stereocenters. The van der Waals surface area contributed by atoms with Crippen molar-refractivity contribution < 1.29 is 9.53 Å². The summed E-state index contributed by atoms with van der Waals surface area (Å²) in [5.74, 6) is 5.53. The van der Waals surface area contributed by atoms with Crippen LogP contribution in [0.25, 0.3) is 0 Å². The number of ether oxygens (including phenoxy) is 1. The number of nitrogen functional groups attached to an aromatic ring is 1. The maximum atomic E-state index is 11.4. The number of hydrazine groups is 1. The molecule has 1 aromatic carbocycles. The number of aromatic nitrogens is 1. The molecule has 8 heteroatoms. The van der Waals surface area contributed by atoms with E-state index in [-0.39, 0.29) is 5.69 Å². The first-order valence-corrected chi connectivity index (χ1v) is 8.05. The zero-order chi connectivity index (χ0) is 16.2. The molecule has 120 valence electrons. The lowest BCUT2D eigenvalue weighted by Crippen LogP contribution is -2.30. The molecule has 1 heterocycles. The van der Waals surface area contributed by atoms with E-state index in [0.29, 0.717) is 5.13 Å². The fourth-order valence-electron chi connectivity index (χ4n) is 2.50. The number of anilines is 1. The van der Waals surface area contributed by atoms with Crippen LogP contribution in [-0.2, 0) is 6.42 Å². The first kappa shape index (κ1) is 15.4. The molecule has 3 rings (SSSR count). The third-order valence-corrected chi connectivity index (χ3v) is 4.38. The summed E-state index contributed by atoms with van der Waals surface area (Å²) in [4.78, 5) is 15.5. The van der Waals surface area contributed by atoms with Crippen LogP contribution >= 0.6 is 11.3 Å². The van der Waals surface area contributed by atoms with Gasteiger partial charge in [0.25, 0.3) is 5.91 Å². The molecule has 1 aliphatic carbocycles. The van der Waals surface area contributed by atoms with Crippen LogP contribution in [0.15, 0.2) is 28.7 Å². The summed E-state index contributed by atoms with van der Waals surface area (Å²) in [5.41, 5.74) is 8.59. The van der Waals surface area contributed by atoms with Crippen LogP contribution in [0.4, 0.5) is 5.13 Å². The number of hydrazone groups is 1. The van der Waals surface area contributed by atoms with Crippen LogP contribution in [0, 0.1) is 0 Å². The standard InChI is InChI=1S/C15H17N5O2S/c1-22-10-5-6-11-9(7-10)3-2-4-12(11)19-20-15-17-13(8-23-15)14(21)18-16/h5-8H,2-4,16H2,1H3,(H,17,20)(H,18,21)/b19-12+. The minimum absolute atomic E-state index is 0.272. The number of nitrogens with two attached hydrogens (primary N) is 1. The Labute approximate surface area is 137 Å². The summed E-state index contributed by atoms with van der Waals surface area (Å²) in [7, 11) is 1.67. The molecule has 0 aliphatic heterocycles. The minimum atomic E-state index is -0.419. The number of amides is 1. The van der Waals surface area contributed by atoms with Gasteiger partial charge >= 0.3 is 0 Å². The fraction of sp³-hybridized carbons (Fsp3) is 0.267. The lowest BCUT2D eigenvalue weighted by atomic mass is 9.90. The molecule has 1 aromatic heterocycles. The SMILES string of the molecule is COc1ccc2c(c1)CCC/C2=N\Nc1nc(C(=O)NN)cs1. The number of carbonyl (C=O) groups excluding carboxylic acids is 1. The van der Waals surface area contributed by atoms with Gasteiger partial charge in [-0.25, -0.2) is 10.8 Å². The molecule has 2 aromatic rings. The maximum absolute atomic E-state index is 11.4. The molecule has 0 saturated carbocycles. The molecule has 23 heavy (non-hydrogen) atoms. The van der Waals surface area contributed by atoms with E-state index >= 15 is 0 Å². The van der Waals surface area contributed by atoms with E-state index < -0.39 is 5.91 Å². The highest BCUT2D eigenvalue weighted by Crippen LogP contribution is 2.26. The first-order chi connectivity index (χ1) is 11.2. The summed E-state index contributed by atoms with van der Waals surface area (Å²) in [5, 5.41) is 6.64. The fourth-order valence-corrected chi connectivity index (χ4v) is 3.13. The summed E-state index contributed by atoms with van der Waals surface area (Å²) in [6, 6.07) is 6.02. The summed E-state index contributed by atoms with van der Waals surface area (Å²) in [6.45, 7) is 0. The Morgan fingerprint density at radius 1 is 1.43 bits per heavy atom. The van der Waals surface area contributed by atoms with Gasteiger partial charge in [-0.2, -0.15) is 5.10 Å². The number of hydrogen-bond acceptors (Lipinski definition) is 7. The molecule has 7 nitrogen and oxygen atoms in total. The minimum Gasteiger partial charge on any atom is -0.497 e. The second kappa shape index (κ2) is 6.76. The summed E-state index contributed by atoms with van der Waals surface area (Å²) >= 11 is 1.30. The van der Waals surface area contributed by atoms with Crippen molar-refractivity contribution in [3.63, 3.8) is 0 Å². The van der Waals surface area contributed by atoms with Gasteiger partial charge in [0.2, 0.25) is 5.13 Å². The van der Waals surface area contributed by atoms with Gasteiger partial charge in [0.15, 0.2) is 0 Å². The molecule has 0 saturated heterocycles. The molecule has 0 radical (unpaired) electrons. The van der Waals surface area contributed by atoms with Crippen LogP contribution < -0.4 is 21.4 Å². The number of nitrogens with zero attached hydrogens (tertiary/aromatic N) is 2. The van der Waals surface area contributed by atoms with Gasteiger partial charge in [-0.1, -0.05) is 0 Å². The average molecular weight is 331 g/mol. The largest absolute Gasteiger partial charge is 0.497 e. The predicted molar refractivity (Wildman–Crippen MR) is 89.9 cm³/mol. The monoisotopic (exact) mass is 331 g/mol. The normalized spacial score (nSPS) is 15.1. The number of nitrogens with one attached hydrogen (secondary N) is 2. The predicted octanol–water partition coefficient (Wildman–Crippen LogP) is 1.91. The lowest BCUT2D eigenvalue weighted by molar-refractivity contribution is 0.0949. The van der Waals surface area contributed by atoms with Crippen molar-refractivity contribution in [1.29, 1.82) is 0 Å².